The Hall–Kier alpha value is -3.70. The van der Waals surface area contributed by atoms with E-state index in [1.165, 1.54) is 19.8 Å². The molecule has 35 heavy (non-hydrogen) atoms. The zero-order valence-corrected chi connectivity index (χ0v) is 21.1. The number of esters is 2. The lowest BCUT2D eigenvalue weighted by Gasteiger charge is -2.13. The molecule has 4 aromatic carbocycles. The van der Waals surface area contributed by atoms with Gasteiger partial charge in [0.2, 0.25) is 0 Å². The Balaban J connectivity index is 1.49. The molecule has 0 aliphatic rings. The van der Waals surface area contributed by atoms with Crippen LogP contribution in [0.2, 0.25) is 0 Å². The highest BCUT2D eigenvalue weighted by Gasteiger charge is 2.15. The minimum absolute atomic E-state index is 0.126. The van der Waals surface area contributed by atoms with Gasteiger partial charge in [0.15, 0.2) is 0 Å². The van der Waals surface area contributed by atoms with E-state index >= 15 is 0 Å². The summed E-state index contributed by atoms with van der Waals surface area (Å²) in [6.45, 7) is 0. The van der Waals surface area contributed by atoms with Gasteiger partial charge in [-0.1, -0.05) is 101 Å². The quantitative estimate of drug-likeness (QED) is 0.187. The van der Waals surface area contributed by atoms with Gasteiger partial charge in [0, 0.05) is 4.83 Å². The molecule has 5 heteroatoms. The SMILES string of the molecule is COC(=O)c1ccccc1-c1ccc(CC(Br)c2ccc(-c3ccccc3C(=O)OC)cc2)cc1. The molecule has 0 fully saturated rings. The van der Waals surface area contributed by atoms with Crippen molar-refractivity contribution in [2.45, 2.75) is 11.2 Å². The fourth-order valence-corrected chi connectivity index (χ4v) is 4.74. The predicted octanol–water partition coefficient (Wildman–Crippen LogP) is 7.27. The van der Waals surface area contributed by atoms with E-state index in [-0.39, 0.29) is 16.8 Å². The number of carbonyl (C=O) groups is 2. The van der Waals surface area contributed by atoms with E-state index in [1.807, 2.05) is 60.7 Å². The molecular formula is C30H25BrO4. The minimum Gasteiger partial charge on any atom is -0.465 e. The molecule has 0 aromatic heterocycles. The van der Waals surface area contributed by atoms with E-state index in [2.05, 4.69) is 40.2 Å². The second-order valence-electron chi connectivity index (χ2n) is 8.06. The number of halogens is 1. The van der Waals surface area contributed by atoms with Gasteiger partial charge in [-0.15, -0.1) is 0 Å². The largest absolute Gasteiger partial charge is 0.465 e. The number of hydrogen-bond acceptors (Lipinski definition) is 4. The molecule has 0 aliphatic carbocycles. The van der Waals surface area contributed by atoms with Crippen molar-refractivity contribution in [1.29, 1.82) is 0 Å². The molecule has 0 aliphatic heterocycles. The molecular weight excluding hydrogens is 504 g/mol. The first kappa shape index (κ1) is 24.4. The Labute approximate surface area is 213 Å². The van der Waals surface area contributed by atoms with Gasteiger partial charge in [-0.2, -0.15) is 0 Å². The van der Waals surface area contributed by atoms with E-state index in [9.17, 15) is 9.59 Å². The third kappa shape index (κ3) is 5.52. The Morgan fingerprint density at radius 1 is 0.657 bits per heavy atom. The topological polar surface area (TPSA) is 52.6 Å². The van der Waals surface area contributed by atoms with Gasteiger partial charge < -0.3 is 9.47 Å². The van der Waals surface area contributed by atoms with Crippen LogP contribution in [-0.2, 0) is 15.9 Å². The fourth-order valence-electron chi connectivity index (χ4n) is 4.06. The van der Waals surface area contributed by atoms with Crippen LogP contribution in [0, 0.1) is 0 Å². The maximum Gasteiger partial charge on any atom is 0.338 e. The lowest BCUT2D eigenvalue weighted by atomic mass is 9.96. The van der Waals surface area contributed by atoms with Gasteiger partial charge in [0.25, 0.3) is 0 Å². The average Bonchev–Trinajstić information content (AvgIpc) is 2.92. The van der Waals surface area contributed by atoms with Crippen LogP contribution < -0.4 is 0 Å². The third-order valence-corrected chi connectivity index (χ3v) is 6.78. The summed E-state index contributed by atoms with van der Waals surface area (Å²) in [7, 11) is 2.78. The summed E-state index contributed by atoms with van der Waals surface area (Å²) in [5, 5.41) is 0. The standard InChI is InChI=1S/C30H25BrO4/c1-34-29(32)26-9-5-3-7-24(26)21-13-11-20(12-14-21)19-28(31)23-17-15-22(16-18-23)25-8-4-6-10-27(25)30(33)35-2/h3-18,28H,19H2,1-2H3. The van der Waals surface area contributed by atoms with E-state index in [4.69, 9.17) is 9.47 Å². The summed E-state index contributed by atoms with van der Waals surface area (Å²) < 4.78 is 9.83. The summed E-state index contributed by atoms with van der Waals surface area (Å²) in [5.74, 6) is -0.691. The average molecular weight is 529 g/mol. The number of rotatable bonds is 7. The number of benzene rings is 4. The second kappa shape index (κ2) is 11.2. The van der Waals surface area contributed by atoms with Gasteiger partial charge in [-0.3, -0.25) is 0 Å². The molecule has 0 bridgehead atoms. The van der Waals surface area contributed by atoms with Crippen LogP contribution in [0.3, 0.4) is 0 Å². The number of hydrogen-bond donors (Lipinski definition) is 0. The molecule has 0 radical (unpaired) electrons. The molecule has 176 valence electrons. The maximum atomic E-state index is 12.1. The van der Waals surface area contributed by atoms with Crippen molar-refractivity contribution in [2.75, 3.05) is 14.2 Å². The number of alkyl halides is 1. The smallest absolute Gasteiger partial charge is 0.338 e. The highest BCUT2D eigenvalue weighted by atomic mass is 79.9. The number of carbonyl (C=O) groups excluding carboxylic acids is 2. The fraction of sp³-hybridized carbons (Fsp3) is 0.133. The summed E-state index contributed by atoms with van der Waals surface area (Å²) in [6.07, 6.45) is 0.803. The molecule has 0 amide bonds. The Bertz CT molecular complexity index is 1330. The molecule has 0 N–H and O–H groups in total. The Kier molecular flexibility index (Phi) is 7.78. The Morgan fingerprint density at radius 3 is 1.54 bits per heavy atom. The van der Waals surface area contributed by atoms with Crippen molar-refractivity contribution in [3.8, 4) is 22.3 Å². The zero-order valence-electron chi connectivity index (χ0n) is 19.5. The van der Waals surface area contributed by atoms with Crippen LogP contribution in [0.4, 0.5) is 0 Å². The molecule has 0 spiro atoms. The highest BCUT2D eigenvalue weighted by Crippen LogP contribution is 2.32. The van der Waals surface area contributed by atoms with E-state index in [1.54, 1.807) is 12.1 Å². The molecule has 1 unspecified atom stereocenters. The number of methoxy groups -OCH3 is 2. The number of ether oxygens (including phenoxy) is 2. The predicted molar refractivity (Wildman–Crippen MR) is 142 cm³/mol. The normalized spacial score (nSPS) is 11.5. The molecule has 0 saturated heterocycles. The molecule has 0 heterocycles. The third-order valence-electron chi connectivity index (χ3n) is 5.93. The van der Waals surface area contributed by atoms with Crippen molar-refractivity contribution in [2.24, 2.45) is 0 Å². The second-order valence-corrected chi connectivity index (χ2v) is 9.17. The first-order valence-electron chi connectivity index (χ1n) is 11.2. The van der Waals surface area contributed by atoms with Crippen LogP contribution in [-0.4, -0.2) is 26.2 Å². The van der Waals surface area contributed by atoms with Crippen molar-refractivity contribution >= 4 is 27.9 Å². The lowest BCUT2D eigenvalue weighted by molar-refractivity contribution is 0.0592. The summed E-state index contributed by atoms with van der Waals surface area (Å²) in [4.78, 5) is 24.3. The lowest BCUT2D eigenvalue weighted by Crippen LogP contribution is -2.03. The van der Waals surface area contributed by atoms with Crippen LogP contribution in [0.1, 0.15) is 36.7 Å². The van der Waals surface area contributed by atoms with Crippen LogP contribution >= 0.6 is 15.9 Å². The monoisotopic (exact) mass is 528 g/mol. The Morgan fingerprint density at radius 2 is 1.09 bits per heavy atom. The van der Waals surface area contributed by atoms with Gasteiger partial charge in [0.1, 0.15) is 0 Å². The molecule has 4 aromatic rings. The van der Waals surface area contributed by atoms with Crippen molar-refractivity contribution in [1.82, 2.24) is 0 Å². The van der Waals surface area contributed by atoms with Gasteiger partial charge in [-0.25, -0.2) is 9.59 Å². The molecule has 0 saturated carbocycles. The van der Waals surface area contributed by atoms with Crippen LogP contribution in [0.5, 0.6) is 0 Å². The van der Waals surface area contributed by atoms with E-state index < -0.39 is 0 Å². The van der Waals surface area contributed by atoms with Gasteiger partial charge in [-0.05, 0) is 51.9 Å². The zero-order chi connectivity index (χ0) is 24.8. The summed E-state index contributed by atoms with van der Waals surface area (Å²) in [6, 6.07) is 31.3. The molecule has 4 rings (SSSR count). The molecule has 4 nitrogen and oxygen atoms in total. The first-order valence-corrected chi connectivity index (χ1v) is 12.1. The van der Waals surface area contributed by atoms with Gasteiger partial charge in [0.05, 0.1) is 25.3 Å². The van der Waals surface area contributed by atoms with E-state index in [0.717, 1.165) is 34.2 Å². The summed E-state index contributed by atoms with van der Waals surface area (Å²) in [5.41, 5.74) is 7.04. The maximum absolute atomic E-state index is 12.1. The van der Waals surface area contributed by atoms with Crippen molar-refractivity contribution < 1.29 is 19.1 Å². The van der Waals surface area contributed by atoms with Crippen LogP contribution in [0.15, 0.2) is 97.1 Å². The highest BCUT2D eigenvalue weighted by molar-refractivity contribution is 9.09. The van der Waals surface area contributed by atoms with Crippen molar-refractivity contribution in [3.05, 3.63) is 119 Å². The summed E-state index contributed by atoms with van der Waals surface area (Å²) >= 11 is 3.82. The van der Waals surface area contributed by atoms with E-state index in [0.29, 0.717) is 11.1 Å². The minimum atomic E-state index is -0.347. The van der Waals surface area contributed by atoms with Crippen molar-refractivity contribution in [3.63, 3.8) is 0 Å². The van der Waals surface area contributed by atoms with Gasteiger partial charge >= 0.3 is 11.9 Å². The van der Waals surface area contributed by atoms with Crippen LogP contribution in [0.25, 0.3) is 22.3 Å². The first-order chi connectivity index (χ1) is 17.0. The molecule has 1 atom stereocenters.